The first-order chi connectivity index (χ1) is 11.1. The summed E-state index contributed by atoms with van der Waals surface area (Å²) in [6.07, 6.45) is 2.57. The number of rotatable bonds is 3. The Morgan fingerprint density at radius 2 is 1.91 bits per heavy atom. The van der Waals surface area contributed by atoms with E-state index < -0.39 is 0 Å². The Morgan fingerprint density at radius 3 is 2.57 bits per heavy atom. The van der Waals surface area contributed by atoms with E-state index in [1.165, 1.54) is 6.07 Å². The lowest BCUT2D eigenvalue weighted by Gasteiger charge is -2.25. The zero-order valence-corrected chi connectivity index (χ0v) is 13.0. The fourth-order valence-electron chi connectivity index (χ4n) is 2.74. The number of carbonyl (C=O) groups excluding carboxylic acids is 1. The van der Waals surface area contributed by atoms with Crippen molar-refractivity contribution in [3.05, 3.63) is 77.1 Å². The van der Waals surface area contributed by atoms with Crippen LogP contribution in [0.2, 0.25) is 0 Å². The molecule has 0 spiro atoms. The molecule has 0 N–H and O–H groups in total. The van der Waals surface area contributed by atoms with Gasteiger partial charge in [-0.3, -0.25) is 0 Å². The Morgan fingerprint density at radius 1 is 1.13 bits per heavy atom. The number of nitrogens with zero attached hydrogens (tertiary/aromatic N) is 1. The van der Waals surface area contributed by atoms with Crippen molar-refractivity contribution < 1.29 is 14.0 Å². The van der Waals surface area contributed by atoms with Crippen molar-refractivity contribution in [1.82, 2.24) is 5.06 Å². The minimum atomic E-state index is -0.371. The van der Waals surface area contributed by atoms with E-state index in [0.29, 0.717) is 30.6 Å². The second-order valence-electron chi connectivity index (χ2n) is 5.54. The molecular formula is C19H18FNO2. The molecule has 1 aliphatic heterocycles. The van der Waals surface area contributed by atoms with Crippen LogP contribution in [0.4, 0.5) is 4.39 Å². The summed E-state index contributed by atoms with van der Waals surface area (Å²) < 4.78 is 14.0. The van der Waals surface area contributed by atoms with Gasteiger partial charge in [-0.05, 0) is 42.7 Å². The number of carbonyl (C=O) groups is 1. The van der Waals surface area contributed by atoms with Gasteiger partial charge in [0.2, 0.25) is 0 Å². The van der Waals surface area contributed by atoms with Crippen LogP contribution in [0.5, 0.6) is 0 Å². The number of hydrogen-bond acceptors (Lipinski definition) is 3. The molecule has 0 unspecified atom stereocenters. The summed E-state index contributed by atoms with van der Waals surface area (Å²) in [5.41, 5.74) is 3.08. The van der Waals surface area contributed by atoms with E-state index in [-0.39, 0.29) is 11.8 Å². The lowest BCUT2D eigenvalue weighted by Crippen LogP contribution is -2.31. The number of hydrogen-bond donors (Lipinski definition) is 0. The van der Waals surface area contributed by atoms with E-state index in [0.717, 1.165) is 11.1 Å². The molecule has 3 nitrogen and oxygen atoms in total. The normalized spacial score (nSPS) is 15.1. The minimum absolute atomic E-state index is 0.203. The average molecular weight is 311 g/mol. The molecule has 0 amide bonds. The third-order valence-corrected chi connectivity index (χ3v) is 3.94. The summed E-state index contributed by atoms with van der Waals surface area (Å²) in [5, 5.41) is 1.61. The summed E-state index contributed by atoms with van der Waals surface area (Å²) in [7, 11) is 0. The first kappa shape index (κ1) is 15.4. The van der Waals surface area contributed by atoms with Gasteiger partial charge in [-0.2, -0.15) is 0 Å². The Labute approximate surface area is 135 Å². The van der Waals surface area contributed by atoms with Gasteiger partial charge in [0.1, 0.15) is 5.82 Å². The van der Waals surface area contributed by atoms with Crippen molar-refractivity contribution in [1.29, 1.82) is 0 Å². The van der Waals surface area contributed by atoms with Crippen molar-refractivity contribution in [2.75, 3.05) is 13.1 Å². The van der Waals surface area contributed by atoms with Crippen LogP contribution in [-0.2, 0) is 4.84 Å². The fourth-order valence-corrected chi connectivity index (χ4v) is 2.74. The van der Waals surface area contributed by atoms with Crippen LogP contribution in [0.3, 0.4) is 0 Å². The lowest BCUT2D eigenvalue weighted by atomic mass is 9.95. The molecule has 2 aromatic rings. The van der Waals surface area contributed by atoms with Crippen molar-refractivity contribution in [3.63, 3.8) is 0 Å². The predicted molar refractivity (Wildman–Crippen MR) is 87.2 cm³/mol. The number of aryl methyl sites for hydroxylation is 1. The first-order valence-electron chi connectivity index (χ1n) is 7.62. The van der Waals surface area contributed by atoms with Gasteiger partial charge in [0, 0.05) is 12.1 Å². The SMILES string of the molecule is Cc1cccc(F)c1C1=CCN(OC(=O)c2ccccc2)CC1. The third kappa shape index (κ3) is 3.48. The average Bonchev–Trinajstić information content (AvgIpc) is 2.57. The van der Waals surface area contributed by atoms with Crippen LogP contribution in [0, 0.1) is 12.7 Å². The van der Waals surface area contributed by atoms with Gasteiger partial charge < -0.3 is 4.84 Å². The predicted octanol–water partition coefficient (Wildman–Crippen LogP) is 4.00. The Hall–Kier alpha value is -2.46. The highest BCUT2D eigenvalue weighted by molar-refractivity contribution is 5.89. The van der Waals surface area contributed by atoms with Gasteiger partial charge in [0.15, 0.2) is 0 Å². The van der Waals surface area contributed by atoms with E-state index in [2.05, 4.69) is 0 Å². The zero-order valence-electron chi connectivity index (χ0n) is 13.0. The van der Waals surface area contributed by atoms with Crippen molar-refractivity contribution >= 4 is 11.5 Å². The summed E-state index contributed by atoms with van der Waals surface area (Å²) in [6, 6.07) is 14.0. The number of hydroxylamine groups is 2. The standard InChI is InChI=1S/C19H18FNO2/c1-14-6-5-9-17(20)18(14)15-10-12-21(13-11-15)23-19(22)16-7-3-2-4-8-16/h2-10H,11-13H2,1H3. The van der Waals surface area contributed by atoms with Crippen LogP contribution < -0.4 is 0 Å². The Balaban J connectivity index is 1.68. The number of benzene rings is 2. The minimum Gasteiger partial charge on any atom is -0.364 e. The van der Waals surface area contributed by atoms with Crippen molar-refractivity contribution in [2.45, 2.75) is 13.3 Å². The molecule has 118 valence electrons. The molecule has 0 aromatic heterocycles. The molecule has 0 atom stereocenters. The second-order valence-corrected chi connectivity index (χ2v) is 5.54. The molecule has 2 aromatic carbocycles. The molecule has 23 heavy (non-hydrogen) atoms. The van der Waals surface area contributed by atoms with Gasteiger partial charge in [-0.25, -0.2) is 9.18 Å². The highest BCUT2D eigenvalue weighted by Gasteiger charge is 2.20. The molecule has 0 radical (unpaired) electrons. The van der Waals surface area contributed by atoms with Crippen molar-refractivity contribution in [2.24, 2.45) is 0 Å². The Kier molecular flexibility index (Phi) is 4.53. The molecule has 0 bridgehead atoms. The molecule has 4 heteroatoms. The van der Waals surface area contributed by atoms with Crippen LogP contribution in [0.25, 0.3) is 5.57 Å². The van der Waals surface area contributed by atoms with E-state index in [4.69, 9.17) is 4.84 Å². The maximum Gasteiger partial charge on any atom is 0.357 e. The van der Waals surface area contributed by atoms with Crippen LogP contribution in [0.15, 0.2) is 54.6 Å². The highest BCUT2D eigenvalue weighted by atomic mass is 19.1. The van der Waals surface area contributed by atoms with E-state index in [1.54, 1.807) is 35.4 Å². The molecule has 0 aliphatic carbocycles. The molecule has 0 saturated heterocycles. The molecule has 1 aliphatic rings. The van der Waals surface area contributed by atoms with Gasteiger partial charge >= 0.3 is 5.97 Å². The highest BCUT2D eigenvalue weighted by Crippen LogP contribution is 2.27. The van der Waals surface area contributed by atoms with Gasteiger partial charge in [0.05, 0.1) is 12.1 Å². The van der Waals surface area contributed by atoms with Crippen LogP contribution in [0.1, 0.15) is 27.9 Å². The molecule has 0 fully saturated rings. The maximum absolute atomic E-state index is 14.0. The largest absolute Gasteiger partial charge is 0.364 e. The lowest BCUT2D eigenvalue weighted by molar-refractivity contribution is -0.102. The van der Waals surface area contributed by atoms with Gasteiger partial charge in [0.25, 0.3) is 0 Å². The summed E-state index contributed by atoms with van der Waals surface area (Å²) in [4.78, 5) is 17.4. The van der Waals surface area contributed by atoms with E-state index >= 15 is 0 Å². The molecular weight excluding hydrogens is 293 g/mol. The molecule has 3 rings (SSSR count). The summed E-state index contributed by atoms with van der Waals surface area (Å²) in [5.74, 6) is -0.574. The monoisotopic (exact) mass is 311 g/mol. The van der Waals surface area contributed by atoms with Crippen LogP contribution >= 0.6 is 0 Å². The molecule has 0 saturated carbocycles. The topological polar surface area (TPSA) is 29.5 Å². The van der Waals surface area contributed by atoms with Gasteiger partial charge in [-0.1, -0.05) is 36.4 Å². The van der Waals surface area contributed by atoms with E-state index in [1.807, 2.05) is 25.1 Å². The van der Waals surface area contributed by atoms with Crippen molar-refractivity contribution in [3.8, 4) is 0 Å². The number of halogens is 1. The quantitative estimate of drug-likeness (QED) is 0.858. The zero-order chi connectivity index (χ0) is 16.2. The van der Waals surface area contributed by atoms with Gasteiger partial charge in [-0.15, -0.1) is 5.06 Å². The summed E-state index contributed by atoms with van der Waals surface area (Å²) in [6.45, 7) is 2.92. The Bertz CT molecular complexity index is 720. The van der Waals surface area contributed by atoms with Crippen LogP contribution in [-0.4, -0.2) is 24.1 Å². The summed E-state index contributed by atoms with van der Waals surface area (Å²) >= 11 is 0. The molecule has 1 heterocycles. The smallest absolute Gasteiger partial charge is 0.357 e. The second kappa shape index (κ2) is 6.75. The third-order valence-electron chi connectivity index (χ3n) is 3.94. The maximum atomic E-state index is 14.0. The first-order valence-corrected chi connectivity index (χ1v) is 7.62. The fraction of sp³-hybridized carbons (Fsp3) is 0.211. The van der Waals surface area contributed by atoms with E-state index in [9.17, 15) is 9.18 Å².